The fourth-order valence-corrected chi connectivity index (χ4v) is 4.79. The number of ether oxygens (including phenoxy) is 2. The van der Waals surface area contributed by atoms with Gasteiger partial charge in [0.1, 0.15) is 5.56 Å². The number of benzene rings is 1. The molecule has 31 heavy (non-hydrogen) atoms. The Labute approximate surface area is 184 Å². The molecular weight excluding hydrogens is 422 g/mol. The molecule has 5 rings (SSSR count). The quantitative estimate of drug-likeness (QED) is 0.735. The van der Waals surface area contributed by atoms with Crippen LogP contribution in [0.3, 0.4) is 0 Å². The number of halogens is 1. The maximum absolute atomic E-state index is 13.4. The number of fused-ring (bicyclic) bond motifs is 2. The van der Waals surface area contributed by atoms with Gasteiger partial charge in [-0.25, -0.2) is 4.98 Å². The van der Waals surface area contributed by atoms with Crippen LogP contribution in [0.4, 0.5) is 5.69 Å². The van der Waals surface area contributed by atoms with Crippen LogP contribution in [-0.4, -0.2) is 45.2 Å². The number of anilines is 1. The van der Waals surface area contributed by atoms with E-state index in [2.05, 4.69) is 10.3 Å². The molecule has 1 aliphatic carbocycles. The number of aromatic nitrogens is 1. The minimum Gasteiger partial charge on any atom is -0.451 e. The van der Waals surface area contributed by atoms with Crippen molar-refractivity contribution in [1.82, 2.24) is 9.88 Å². The largest absolute Gasteiger partial charge is 0.451 e. The number of nitrogens with zero attached hydrogens (tertiary/aromatic N) is 2. The Balaban J connectivity index is 1.46. The van der Waals surface area contributed by atoms with Gasteiger partial charge < -0.3 is 24.8 Å². The Hall–Kier alpha value is -2.84. The number of nitrogens with one attached hydrogen (secondary N) is 1. The first-order valence-electron chi connectivity index (χ1n) is 10.2. The van der Waals surface area contributed by atoms with Crippen LogP contribution in [-0.2, 0) is 6.54 Å². The van der Waals surface area contributed by atoms with Crippen molar-refractivity contribution in [2.75, 3.05) is 12.1 Å². The molecule has 162 valence electrons. The summed E-state index contributed by atoms with van der Waals surface area (Å²) in [4.78, 5) is 32.2. The van der Waals surface area contributed by atoms with Crippen molar-refractivity contribution in [1.29, 1.82) is 0 Å². The van der Waals surface area contributed by atoms with Gasteiger partial charge in [0.2, 0.25) is 6.79 Å². The van der Waals surface area contributed by atoms with E-state index in [4.69, 9.17) is 21.1 Å². The normalized spacial score (nSPS) is 18.2. The number of amides is 2. The Kier molecular flexibility index (Phi) is 4.60. The van der Waals surface area contributed by atoms with Gasteiger partial charge in [0.25, 0.3) is 17.7 Å². The monoisotopic (exact) mass is 443 g/mol. The predicted molar refractivity (Wildman–Crippen MR) is 112 cm³/mol. The van der Waals surface area contributed by atoms with Crippen LogP contribution in [0.15, 0.2) is 24.4 Å². The molecular formula is C22H22ClN3O5. The summed E-state index contributed by atoms with van der Waals surface area (Å²) in [6.45, 7) is 3.83. The average Bonchev–Trinajstić information content (AvgIpc) is 3.30. The maximum Gasteiger partial charge on any atom is 0.261 e. The van der Waals surface area contributed by atoms with E-state index < -0.39 is 11.5 Å². The molecule has 8 nitrogen and oxygen atoms in total. The summed E-state index contributed by atoms with van der Waals surface area (Å²) in [6.07, 6.45) is 3.31. The highest BCUT2D eigenvalue weighted by Gasteiger charge is 2.48. The highest BCUT2D eigenvalue weighted by molar-refractivity contribution is 6.35. The third-order valence-electron chi connectivity index (χ3n) is 5.92. The molecule has 1 aromatic carbocycles. The lowest BCUT2D eigenvalue weighted by Crippen LogP contribution is -2.51. The summed E-state index contributed by atoms with van der Waals surface area (Å²) in [5.41, 5.74) is 0.718. The summed E-state index contributed by atoms with van der Waals surface area (Å²) < 4.78 is 10.6. The summed E-state index contributed by atoms with van der Waals surface area (Å²) >= 11 is 6.21. The zero-order chi connectivity index (χ0) is 21.9. The molecule has 0 radical (unpaired) electrons. The van der Waals surface area contributed by atoms with Gasteiger partial charge in [-0.05, 0) is 44.2 Å². The van der Waals surface area contributed by atoms with Crippen LogP contribution in [0.2, 0.25) is 5.02 Å². The number of rotatable bonds is 5. The van der Waals surface area contributed by atoms with E-state index >= 15 is 0 Å². The van der Waals surface area contributed by atoms with Gasteiger partial charge in [0.05, 0.1) is 34.1 Å². The van der Waals surface area contributed by atoms with Crippen molar-refractivity contribution >= 4 is 29.1 Å². The van der Waals surface area contributed by atoms with Crippen molar-refractivity contribution in [3.8, 4) is 11.6 Å². The number of hydrogen-bond acceptors (Lipinski definition) is 6. The van der Waals surface area contributed by atoms with Crippen LogP contribution < -0.4 is 14.8 Å². The van der Waals surface area contributed by atoms with Crippen molar-refractivity contribution in [3.63, 3.8) is 0 Å². The minimum atomic E-state index is -1.02. The van der Waals surface area contributed by atoms with Crippen molar-refractivity contribution in [2.24, 2.45) is 5.92 Å². The van der Waals surface area contributed by atoms with Gasteiger partial charge in [0.15, 0.2) is 5.75 Å². The second kappa shape index (κ2) is 7.10. The molecule has 1 fully saturated rings. The molecule has 0 spiro atoms. The SMILES string of the molecule is CC(C)(O)[C@H](C1CC1)N1Cc2cccc(NC(=O)c3c(Cl)cnc4c3OCO4)c2C1=O. The first-order valence-corrected chi connectivity index (χ1v) is 10.5. The van der Waals surface area contributed by atoms with Crippen LogP contribution in [0.25, 0.3) is 0 Å². The lowest BCUT2D eigenvalue weighted by atomic mass is 9.93. The Bertz CT molecular complexity index is 1090. The predicted octanol–water partition coefficient (Wildman–Crippen LogP) is 3.22. The Morgan fingerprint density at radius 2 is 2.13 bits per heavy atom. The fraction of sp³-hybridized carbons (Fsp3) is 0.409. The summed E-state index contributed by atoms with van der Waals surface area (Å²) in [5, 5.41) is 13.6. The van der Waals surface area contributed by atoms with Crippen molar-refractivity contribution in [2.45, 2.75) is 44.9 Å². The minimum absolute atomic E-state index is 0.0450. The molecule has 2 aromatic rings. The molecule has 2 aliphatic heterocycles. The third-order valence-corrected chi connectivity index (χ3v) is 6.21. The molecule has 3 heterocycles. The molecule has 0 saturated heterocycles. The molecule has 0 unspecified atom stereocenters. The molecule has 1 atom stereocenters. The van der Waals surface area contributed by atoms with Crippen molar-refractivity contribution in [3.05, 3.63) is 46.1 Å². The lowest BCUT2D eigenvalue weighted by molar-refractivity contribution is -0.0224. The number of hydrogen-bond donors (Lipinski definition) is 2. The average molecular weight is 444 g/mol. The van der Waals surface area contributed by atoms with Crippen molar-refractivity contribution < 1.29 is 24.2 Å². The first-order chi connectivity index (χ1) is 14.8. The molecule has 0 bridgehead atoms. The van der Waals surface area contributed by atoms with E-state index in [9.17, 15) is 14.7 Å². The molecule has 9 heteroatoms. The smallest absolute Gasteiger partial charge is 0.261 e. The number of carbonyl (C=O) groups excluding carboxylic acids is 2. The van der Waals surface area contributed by atoms with Crippen LogP contribution in [0, 0.1) is 5.92 Å². The standard InChI is InChI=1S/C22H22ClN3O5/c1-22(2,29)18(11-6-7-11)26-9-12-4-3-5-14(15(12)21(26)28)25-19(27)16-13(23)8-24-20-17(16)30-10-31-20/h3-5,8,11,18,29H,6-7,9-10H2,1-2H3,(H,25,27)/t18-/m0/s1. The van der Waals surface area contributed by atoms with E-state index in [1.807, 2.05) is 6.07 Å². The molecule has 1 aromatic heterocycles. The van der Waals surface area contributed by atoms with Gasteiger partial charge in [0, 0.05) is 6.54 Å². The fourth-order valence-electron chi connectivity index (χ4n) is 4.57. The second-order valence-corrected chi connectivity index (χ2v) is 9.09. The molecule has 2 N–H and O–H groups in total. The zero-order valence-corrected chi connectivity index (χ0v) is 17.9. The highest BCUT2D eigenvalue weighted by Crippen LogP contribution is 2.44. The first kappa shape index (κ1) is 20.1. The summed E-state index contributed by atoms with van der Waals surface area (Å²) in [7, 11) is 0. The topological polar surface area (TPSA) is 101 Å². The Morgan fingerprint density at radius 1 is 1.35 bits per heavy atom. The van der Waals surface area contributed by atoms with E-state index in [0.717, 1.165) is 18.4 Å². The molecule has 3 aliphatic rings. The van der Waals surface area contributed by atoms with Gasteiger partial charge in [-0.2, -0.15) is 0 Å². The van der Waals surface area contributed by atoms with E-state index in [0.29, 0.717) is 17.8 Å². The molecule has 1 saturated carbocycles. The van der Waals surface area contributed by atoms with Gasteiger partial charge >= 0.3 is 0 Å². The van der Waals surface area contributed by atoms with Crippen LogP contribution in [0.5, 0.6) is 11.6 Å². The summed E-state index contributed by atoms with van der Waals surface area (Å²) in [6, 6.07) is 5.06. The summed E-state index contributed by atoms with van der Waals surface area (Å²) in [5.74, 6) is -0.0499. The lowest BCUT2D eigenvalue weighted by Gasteiger charge is -2.37. The third kappa shape index (κ3) is 3.40. The van der Waals surface area contributed by atoms with E-state index in [1.165, 1.54) is 6.20 Å². The Morgan fingerprint density at radius 3 is 2.84 bits per heavy atom. The zero-order valence-electron chi connectivity index (χ0n) is 17.1. The highest BCUT2D eigenvalue weighted by atomic mass is 35.5. The number of pyridine rings is 1. The number of aliphatic hydroxyl groups is 1. The van der Waals surface area contributed by atoms with Gasteiger partial charge in [-0.15, -0.1) is 0 Å². The number of carbonyl (C=O) groups is 2. The van der Waals surface area contributed by atoms with E-state index in [-0.39, 0.29) is 46.9 Å². The van der Waals surface area contributed by atoms with Crippen LogP contribution in [0.1, 0.15) is 53.0 Å². The van der Waals surface area contributed by atoms with Gasteiger partial charge in [-0.3, -0.25) is 9.59 Å². The maximum atomic E-state index is 13.4. The second-order valence-electron chi connectivity index (χ2n) is 8.68. The molecule has 2 amide bonds. The van der Waals surface area contributed by atoms with E-state index in [1.54, 1.807) is 30.9 Å². The van der Waals surface area contributed by atoms with Gasteiger partial charge in [-0.1, -0.05) is 23.7 Å². The van der Waals surface area contributed by atoms with Crippen LogP contribution >= 0.6 is 11.6 Å².